The fraction of sp³-hybridized carbons (Fsp3) is 0.800. The Morgan fingerprint density at radius 2 is 2.13 bits per heavy atom. The Bertz CT molecular complexity index is 375. The van der Waals surface area contributed by atoms with Gasteiger partial charge in [-0.05, 0) is 69.7 Å². The van der Waals surface area contributed by atoms with Crippen molar-refractivity contribution < 1.29 is 0 Å². The van der Waals surface area contributed by atoms with Crippen LogP contribution in [0.25, 0.3) is 0 Å². The van der Waals surface area contributed by atoms with E-state index in [0.717, 1.165) is 26.1 Å². The molecule has 0 bridgehead atoms. The lowest BCUT2D eigenvalue weighted by Gasteiger charge is -2.40. The molecular formula is C20H39N3. The molecule has 0 fully saturated rings. The van der Waals surface area contributed by atoms with Gasteiger partial charge in [-0.1, -0.05) is 45.4 Å². The van der Waals surface area contributed by atoms with E-state index in [0.29, 0.717) is 11.8 Å². The van der Waals surface area contributed by atoms with Gasteiger partial charge in [0.25, 0.3) is 0 Å². The molecule has 4 N–H and O–H groups in total. The molecule has 0 saturated carbocycles. The molecule has 3 atom stereocenters. The minimum absolute atomic E-state index is 0.0959. The molecule has 1 heterocycles. The van der Waals surface area contributed by atoms with Crippen LogP contribution in [-0.4, -0.2) is 32.2 Å². The summed E-state index contributed by atoms with van der Waals surface area (Å²) in [5, 5.41) is 7.34. The standard InChI is InChI=1S/C20H39N3/c1-5-12-20(22-4,15-18(3)17(2)11-13-21)19-10-8-6-7-9-14-23-16-19/h6,8,10,17-18,22-23H,5,7,9,11-16,21H2,1-4H3/b8-6+,19-10+/t17?,18?,20-/m1/s1. The van der Waals surface area contributed by atoms with Gasteiger partial charge in [0.15, 0.2) is 0 Å². The van der Waals surface area contributed by atoms with Crippen LogP contribution in [0.1, 0.15) is 59.3 Å². The summed E-state index contributed by atoms with van der Waals surface area (Å²) in [5.41, 5.74) is 7.38. The highest BCUT2D eigenvalue weighted by Crippen LogP contribution is 2.33. The molecule has 0 aromatic heterocycles. The highest BCUT2D eigenvalue weighted by molar-refractivity contribution is 5.27. The zero-order valence-corrected chi connectivity index (χ0v) is 15.8. The Labute approximate surface area is 144 Å². The van der Waals surface area contributed by atoms with Crippen LogP contribution in [0.15, 0.2) is 23.8 Å². The van der Waals surface area contributed by atoms with Crippen LogP contribution in [0.5, 0.6) is 0 Å². The van der Waals surface area contributed by atoms with Gasteiger partial charge in [0.1, 0.15) is 0 Å². The van der Waals surface area contributed by atoms with Gasteiger partial charge in [0, 0.05) is 12.1 Å². The second-order valence-electron chi connectivity index (χ2n) is 7.26. The SMILES string of the molecule is CCC[C@](CC(C)C(C)CCN)(NC)/C1=C/C=C/CCCNC1. The van der Waals surface area contributed by atoms with E-state index in [9.17, 15) is 0 Å². The molecule has 1 aliphatic heterocycles. The fourth-order valence-electron chi connectivity index (χ4n) is 3.74. The van der Waals surface area contributed by atoms with Crippen LogP contribution in [0.4, 0.5) is 0 Å². The van der Waals surface area contributed by atoms with Gasteiger partial charge in [-0.15, -0.1) is 0 Å². The zero-order chi connectivity index (χ0) is 17.1. The quantitative estimate of drug-likeness (QED) is 0.608. The van der Waals surface area contributed by atoms with Crippen LogP contribution in [0.2, 0.25) is 0 Å². The lowest BCUT2D eigenvalue weighted by Crippen LogP contribution is -2.49. The molecule has 0 aromatic rings. The van der Waals surface area contributed by atoms with Crippen molar-refractivity contribution in [2.24, 2.45) is 17.6 Å². The Hall–Kier alpha value is -0.640. The second kappa shape index (κ2) is 11.0. The number of rotatable bonds is 9. The van der Waals surface area contributed by atoms with Crippen LogP contribution in [0.3, 0.4) is 0 Å². The largest absolute Gasteiger partial charge is 0.330 e. The molecule has 0 saturated heterocycles. The molecule has 23 heavy (non-hydrogen) atoms. The highest BCUT2D eigenvalue weighted by Gasteiger charge is 2.34. The molecule has 0 radical (unpaired) electrons. The minimum Gasteiger partial charge on any atom is -0.330 e. The third-order valence-electron chi connectivity index (χ3n) is 5.51. The van der Waals surface area contributed by atoms with Gasteiger partial charge in [0.05, 0.1) is 0 Å². The maximum absolute atomic E-state index is 5.77. The third kappa shape index (κ3) is 6.40. The monoisotopic (exact) mass is 321 g/mol. The molecular weight excluding hydrogens is 282 g/mol. The van der Waals surface area contributed by atoms with Crippen molar-refractivity contribution in [2.45, 2.75) is 64.8 Å². The van der Waals surface area contributed by atoms with E-state index in [1.54, 1.807) is 0 Å². The number of hydrogen-bond acceptors (Lipinski definition) is 3. The topological polar surface area (TPSA) is 50.1 Å². The lowest BCUT2D eigenvalue weighted by molar-refractivity contribution is 0.242. The first kappa shape index (κ1) is 20.4. The van der Waals surface area contributed by atoms with Crippen molar-refractivity contribution in [3.05, 3.63) is 23.8 Å². The first-order chi connectivity index (χ1) is 11.1. The van der Waals surface area contributed by atoms with Gasteiger partial charge in [-0.3, -0.25) is 0 Å². The van der Waals surface area contributed by atoms with Crippen molar-refractivity contribution in [2.75, 3.05) is 26.7 Å². The Kier molecular flexibility index (Phi) is 9.77. The van der Waals surface area contributed by atoms with Crippen molar-refractivity contribution in [1.82, 2.24) is 10.6 Å². The molecule has 3 heteroatoms. The predicted molar refractivity (Wildman–Crippen MR) is 103 cm³/mol. The zero-order valence-electron chi connectivity index (χ0n) is 15.8. The van der Waals surface area contributed by atoms with E-state index in [-0.39, 0.29) is 5.54 Å². The minimum atomic E-state index is 0.0959. The smallest absolute Gasteiger partial charge is 0.0409 e. The number of nitrogens with one attached hydrogen (secondary N) is 2. The van der Waals surface area contributed by atoms with Crippen LogP contribution in [0, 0.1) is 11.8 Å². The Morgan fingerprint density at radius 3 is 2.78 bits per heavy atom. The van der Waals surface area contributed by atoms with Crippen molar-refractivity contribution in [3.8, 4) is 0 Å². The van der Waals surface area contributed by atoms with Gasteiger partial charge in [-0.2, -0.15) is 0 Å². The van der Waals surface area contributed by atoms with E-state index in [1.807, 2.05) is 0 Å². The van der Waals surface area contributed by atoms with Crippen molar-refractivity contribution in [1.29, 1.82) is 0 Å². The number of nitrogens with two attached hydrogens (primary N) is 1. The van der Waals surface area contributed by atoms with Crippen molar-refractivity contribution in [3.63, 3.8) is 0 Å². The molecule has 1 rings (SSSR count). The lowest BCUT2D eigenvalue weighted by atomic mass is 9.74. The van der Waals surface area contributed by atoms with Crippen molar-refractivity contribution >= 4 is 0 Å². The maximum Gasteiger partial charge on any atom is 0.0409 e. The third-order valence-corrected chi connectivity index (χ3v) is 5.51. The normalized spacial score (nSPS) is 25.2. The molecule has 0 aliphatic carbocycles. The van der Waals surface area contributed by atoms with Crippen LogP contribution < -0.4 is 16.4 Å². The van der Waals surface area contributed by atoms with E-state index < -0.39 is 0 Å². The molecule has 1 aliphatic rings. The summed E-state index contributed by atoms with van der Waals surface area (Å²) in [6, 6.07) is 0. The summed E-state index contributed by atoms with van der Waals surface area (Å²) in [6.45, 7) is 9.91. The summed E-state index contributed by atoms with van der Waals surface area (Å²) in [7, 11) is 2.13. The van der Waals surface area contributed by atoms with E-state index >= 15 is 0 Å². The number of hydrogen-bond donors (Lipinski definition) is 3. The first-order valence-corrected chi connectivity index (χ1v) is 9.55. The van der Waals surface area contributed by atoms with Crippen LogP contribution in [-0.2, 0) is 0 Å². The predicted octanol–water partition coefficient (Wildman–Crippen LogP) is 3.62. The highest BCUT2D eigenvalue weighted by atomic mass is 15.0. The molecule has 134 valence electrons. The first-order valence-electron chi connectivity index (χ1n) is 9.55. The number of allylic oxidation sites excluding steroid dienone is 3. The summed E-state index contributed by atoms with van der Waals surface area (Å²) < 4.78 is 0. The average Bonchev–Trinajstić information content (AvgIpc) is 2.68. The number of likely N-dealkylation sites (N-methyl/N-ethyl adjacent to an activating group) is 1. The second-order valence-corrected chi connectivity index (χ2v) is 7.26. The molecule has 2 unspecified atom stereocenters. The molecule has 0 amide bonds. The summed E-state index contributed by atoms with van der Waals surface area (Å²) in [5.74, 6) is 1.33. The van der Waals surface area contributed by atoms with Crippen LogP contribution >= 0.6 is 0 Å². The average molecular weight is 322 g/mol. The summed E-state index contributed by atoms with van der Waals surface area (Å²) in [6.07, 6.45) is 14.0. The summed E-state index contributed by atoms with van der Waals surface area (Å²) in [4.78, 5) is 0. The Morgan fingerprint density at radius 1 is 1.35 bits per heavy atom. The van der Waals surface area contributed by atoms with Gasteiger partial charge < -0.3 is 16.4 Å². The van der Waals surface area contributed by atoms with E-state index in [4.69, 9.17) is 5.73 Å². The van der Waals surface area contributed by atoms with Gasteiger partial charge in [-0.25, -0.2) is 0 Å². The van der Waals surface area contributed by atoms with Gasteiger partial charge in [0.2, 0.25) is 0 Å². The maximum atomic E-state index is 5.77. The Balaban J connectivity index is 2.98. The van der Waals surface area contributed by atoms with E-state index in [2.05, 4.69) is 56.7 Å². The summed E-state index contributed by atoms with van der Waals surface area (Å²) >= 11 is 0. The molecule has 3 nitrogen and oxygen atoms in total. The van der Waals surface area contributed by atoms with Gasteiger partial charge >= 0.3 is 0 Å². The molecule has 0 spiro atoms. The van der Waals surface area contributed by atoms with E-state index in [1.165, 1.54) is 37.7 Å². The fourth-order valence-corrected chi connectivity index (χ4v) is 3.74. The molecule has 0 aromatic carbocycles.